The van der Waals surface area contributed by atoms with E-state index in [4.69, 9.17) is 4.52 Å². The van der Waals surface area contributed by atoms with E-state index in [1.807, 2.05) is 0 Å². The zero-order valence-corrected chi connectivity index (χ0v) is 13.4. The van der Waals surface area contributed by atoms with Gasteiger partial charge < -0.3 is 14.2 Å². The molecule has 0 spiro atoms. The van der Waals surface area contributed by atoms with E-state index < -0.39 is 29.1 Å². The maximum atomic E-state index is 14.2. The fourth-order valence-electron chi connectivity index (χ4n) is 2.85. The number of alkyl halides is 4. The van der Waals surface area contributed by atoms with Gasteiger partial charge in [0.05, 0.1) is 0 Å². The molecule has 1 N–H and O–H groups in total. The molecule has 1 aliphatic heterocycles. The number of rotatable bonds is 2. The van der Waals surface area contributed by atoms with Crippen LogP contribution in [0.25, 0.3) is 11.6 Å². The number of nitrogens with zero attached hydrogens (tertiary/aromatic N) is 4. The highest BCUT2D eigenvalue weighted by Gasteiger charge is 2.55. The standard InChI is InChI=1S/C14H16F4N4O2/c1-6-5-22-10(19-20-11(22)12(2,3)15)8-7(6)9(21-24-8)13(4,23)14(16,17)18/h6,23H,5H2,1-4H3/t6-,13+/m0/s1. The highest BCUT2D eigenvalue weighted by molar-refractivity contribution is 5.59. The molecule has 0 unspecified atom stereocenters. The highest BCUT2D eigenvalue weighted by atomic mass is 19.4. The van der Waals surface area contributed by atoms with Gasteiger partial charge in [0.25, 0.3) is 0 Å². The Kier molecular flexibility index (Phi) is 3.36. The van der Waals surface area contributed by atoms with Crippen LogP contribution in [-0.4, -0.2) is 31.2 Å². The van der Waals surface area contributed by atoms with E-state index >= 15 is 0 Å². The highest BCUT2D eigenvalue weighted by Crippen LogP contribution is 2.46. The van der Waals surface area contributed by atoms with Crippen molar-refractivity contribution in [3.8, 4) is 11.6 Å². The molecule has 10 heteroatoms. The van der Waals surface area contributed by atoms with Crippen molar-refractivity contribution in [2.75, 3.05) is 0 Å². The maximum Gasteiger partial charge on any atom is 0.422 e. The molecule has 0 radical (unpaired) electrons. The van der Waals surface area contributed by atoms with Crippen molar-refractivity contribution in [1.29, 1.82) is 0 Å². The van der Waals surface area contributed by atoms with Crippen LogP contribution in [0.5, 0.6) is 0 Å². The Morgan fingerprint density at radius 2 is 1.79 bits per heavy atom. The quantitative estimate of drug-likeness (QED) is 0.844. The third kappa shape index (κ3) is 2.23. The second-order valence-electron chi connectivity index (χ2n) is 6.68. The van der Waals surface area contributed by atoms with Crippen LogP contribution in [0.15, 0.2) is 4.52 Å². The van der Waals surface area contributed by atoms with Crippen LogP contribution in [-0.2, 0) is 17.8 Å². The van der Waals surface area contributed by atoms with E-state index in [1.54, 1.807) is 6.92 Å². The van der Waals surface area contributed by atoms with Gasteiger partial charge in [-0.05, 0) is 20.8 Å². The maximum absolute atomic E-state index is 14.2. The molecule has 0 aromatic carbocycles. The predicted octanol–water partition coefficient (Wildman–Crippen LogP) is 3.02. The molecule has 2 aromatic rings. The van der Waals surface area contributed by atoms with E-state index in [1.165, 1.54) is 18.4 Å². The third-order valence-electron chi connectivity index (χ3n) is 4.18. The third-order valence-corrected chi connectivity index (χ3v) is 4.18. The van der Waals surface area contributed by atoms with Gasteiger partial charge in [-0.3, -0.25) is 0 Å². The first-order chi connectivity index (χ1) is 10.9. The molecule has 0 saturated heterocycles. The lowest BCUT2D eigenvalue weighted by atomic mass is 9.88. The van der Waals surface area contributed by atoms with Crippen LogP contribution in [0.4, 0.5) is 17.6 Å². The summed E-state index contributed by atoms with van der Waals surface area (Å²) in [6, 6.07) is 0. The van der Waals surface area contributed by atoms with Gasteiger partial charge in [-0.15, -0.1) is 10.2 Å². The summed E-state index contributed by atoms with van der Waals surface area (Å²) in [7, 11) is 0. The van der Waals surface area contributed by atoms with Gasteiger partial charge in [-0.1, -0.05) is 12.1 Å². The van der Waals surface area contributed by atoms with Crippen LogP contribution in [0, 0.1) is 0 Å². The van der Waals surface area contributed by atoms with Gasteiger partial charge in [-0.2, -0.15) is 13.2 Å². The summed E-state index contributed by atoms with van der Waals surface area (Å²) in [5.74, 6) is -0.382. The van der Waals surface area contributed by atoms with E-state index in [9.17, 15) is 22.7 Å². The second-order valence-corrected chi connectivity index (χ2v) is 6.68. The first-order valence-corrected chi connectivity index (χ1v) is 7.27. The minimum Gasteiger partial charge on any atom is -0.375 e. The molecule has 0 bridgehead atoms. The van der Waals surface area contributed by atoms with E-state index in [-0.39, 0.29) is 29.5 Å². The number of halogens is 4. The molecule has 2 aromatic heterocycles. The minimum atomic E-state index is -4.92. The summed E-state index contributed by atoms with van der Waals surface area (Å²) < 4.78 is 60.1. The molecule has 0 aliphatic carbocycles. The summed E-state index contributed by atoms with van der Waals surface area (Å²) in [4.78, 5) is 0. The SMILES string of the molecule is C[C@H]1Cn2c(nnc2C(C)(C)F)-c2onc([C@@](C)(O)C(F)(F)F)c21. The zero-order chi connectivity index (χ0) is 18.1. The fraction of sp³-hybridized carbons (Fsp3) is 0.643. The second kappa shape index (κ2) is 4.78. The summed E-state index contributed by atoms with van der Waals surface area (Å²) >= 11 is 0. The van der Waals surface area contributed by atoms with Crippen molar-refractivity contribution < 1.29 is 27.2 Å². The van der Waals surface area contributed by atoms with Gasteiger partial charge in [-0.25, -0.2) is 4.39 Å². The minimum absolute atomic E-state index is 0.0312. The average Bonchev–Trinajstić information content (AvgIpc) is 2.99. The normalized spacial score (nSPS) is 20.5. The van der Waals surface area contributed by atoms with Gasteiger partial charge in [0.15, 0.2) is 11.5 Å². The van der Waals surface area contributed by atoms with Gasteiger partial charge in [0.2, 0.25) is 17.2 Å². The van der Waals surface area contributed by atoms with Crippen molar-refractivity contribution in [3.63, 3.8) is 0 Å². The Hall–Kier alpha value is -1.97. The Balaban J connectivity index is 2.19. The van der Waals surface area contributed by atoms with E-state index in [0.717, 1.165) is 0 Å². The topological polar surface area (TPSA) is 77.0 Å². The molecule has 0 amide bonds. The summed E-state index contributed by atoms with van der Waals surface area (Å²) in [6.07, 6.45) is -4.92. The molecule has 0 saturated carbocycles. The molecule has 3 rings (SSSR count). The van der Waals surface area contributed by atoms with Crippen molar-refractivity contribution >= 4 is 0 Å². The molecule has 2 atom stereocenters. The number of aromatic nitrogens is 4. The Morgan fingerprint density at radius 1 is 1.17 bits per heavy atom. The van der Waals surface area contributed by atoms with Crippen LogP contribution >= 0.6 is 0 Å². The Morgan fingerprint density at radius 3 is 2.33 bits per heavy atom. The fourth-order valence-corrected chi connectivity index (χ4v) is 2.85. The molecule has 1 aliphatic rings. The smallest absolute Gasteiger partial charge is 0.375 e. The molecular weight excluding hydrogens is 332 g/mol. The summed E-state index contributed by atoms with van der Waals surface area (Å²) in [6.45, 7) is 5.03. The first kappa shape index (κ1) is 16.9. The number of fused-ring (bicyclic) bond motifs is 3. The molecule has 132 valence electrons. The van der Waals surface area contributed by atoms with Crippen molar-refractivity contribution in [2.45, 2.75) is 57.6 Å². The summed E-state index contributed by atoms with van der Waals surface area (Å²) in [5.41, 5.74) is -5.43. The first-order valence-electron chi connectivity index (χ1n) is 7.27. The lowest BCUT2D eigenvalue weighted by Gasteiger charge is -2.28. The summed E-state index contributed by atoms with van der Waals surface area (Å²) in [5, 5.41) is 21.0. The van der Waals surface area contributed by atoms with Gasteiger partial charge >= 0.3 is 6.18 Å². The van der Waals surface area contributed by atoms with Crippen molar-refractivity contribution in [1.82, 2.24) is 19.9 Å². The Labute approximate surface area is 134 Å². The van der Waals surface area contributed by atoms with Crippen molar-refractivity contribution in [3.05, 3.63) is 17.1 Å². The van der Waals surface area contributed by atoms with Crippen LogP contribution in [0.1, 0.15) is 50.7 Å². The molecule has 0 fully saturated rings. The van der Waals surface area contributed by atoms with Gasteiger partial charge in [0, 0.05) is 18.0 Å². The van der Waals surface area contributed by atoms with Crippen molar-refractivity contribution in [2.24, 2.45) is 0 Å². The monoisotopic (exact) mass is 348 g/mol. The van der Waals surface area contributed by atoms with E-state index in [0.29, 0.717) is 6.92 Å². The average molecular weight is 348 g/mol. The number of aliphatic hydroxyl groups is 1. The molecule has 6 nitrogen and oxygen atoms in total. The predicted molar refractivity (Wildman–Crippen MR) is 73.7 cm³/mol. The largest absolute Gasteiger partial charge is 0.422 e. The lowest BCUT2D eigenvalue weighted by Crippen LogP contribution is -2.40. The number of hydrogen-bond acceptors (Lipinski definition) is 5. The lowest BCUT2D eigenvalue weighted by molar-refractivity contribution is -0.261. The molecule has 3 heterocycles. The van der Waals surface area contributed by atoms with E-state index in [2.05, 4.69) is 15.4 Å². The zero-order valence-electron chi connectivity index (χ0n) is 13.4. The Bertz CT molecular complexity index is 786. The van der Waals surface area contributed by atoms with Crippen LogP contribution < -0.4 is 0 Å². The molecular formula is C14H16F4N4O2. The molecule has 24 heavy (non-hydrogen) atoms. The van der Waals surface area contributed by atoms with Crippen LogP contribution in [0.2, 0.25) is 0 Å². The van der Waals surface area contributed by atoms with Gasteiger partial charge in [0.1, 0.15) is 5.69 Å². The number of hydrogen-bond donors (Lipinski definition) is 1. The van der Waals surface area contributed by atoms with Crippen LogP contribution in [0.3, 0.4) is 0 Å².